The fraction of sp³-hybridized carbons (Fsp3) is 0.579. The van der Waals surface area contributed by atoms with Crippen molar-refractivity contribution >= 4 is 11.8 Å². The molecule has 0 heterocycles. The third kappa shape index (κ3) is 6.79. The van der Waals surface area contributed by atoms with E-state index in [2.05, 4.69) is 82.8 Å². The average Bonchev–Trinajstić information content (AvgIpc) is 2.79. The number of allylic oxidation sites excluding steroid dienone is 7. The third-order valence-corrected chi connectivity index (χ3v) is 5.30. The molecule has 4 heteroatoms. The fourth-order valence-electron chi connectivity index (χ4n) is 3.27. The largest absolute Gasteiger partial charge is 3.00 e. The molecule has 2 rings (SSSR count). The van der Waals surface area contributed by atoms with Gasteiger partial charge in [0, 0.05) is 4.75 Å². The van der Waals surface area contributed by atoms with E-state index in [1.54, 1.807) is 5.57 Å². The zero-order valence-corrected chi connectivity index (χ0v) is 18.6. The van der Waals surface area contributed by atoms with Gasteiger partial charge in [0.15, 0.2) is 0 Å². The van der Waals surface area contributed by atoms with Gasteiger partial charge >= 0.3 is 21.7 Å². The Morgan fingerprint density at radius 1 is 1.22 bits per heavy atom. The van der Waals surface area contributed by atoms with Gasteiger partial charge in [-0.25, -0.2) is 11.6 Å². The summed E-state index contributed by atoms with van der Waals surface area (Å²) in [6.07, 6.45) is 18.2. The van der Waals surface area contributed by atoms with Gasteiger partial charge < -0.3 is 24.8 Å². The van der Waals surface area contributed by atoms with Crippen LogP contribution >= 0.6 is 11.8 Å². The molecule has 0 spiro atoms. The quantitative estimate of drug-likeness (QED) is 0.464. The molecule has 0 amide bonds. The number of hydrogen-bond donors (Lipinski definition) is 0. The van der Waals surface area contributed by atoms with E-state index >= 15 is 0 Å². The summed E-state index contributed by atoms with van der Waals surface area (Å²) in [5.41, 5.74) is 3.19. The smallest absolute Gasteiger partial charge is 1.00 e. The zero-order valence-electron chi connectivity index (χ0n) is 14.7. The van der Waals surface area contributed by atoms with Crippen LogP contribution in [0.1, 0.15) is 53.9 Å². The fourth-order valence-corrected chi connectivity index (χ4v) is 5.10. The first-order valence-electron chi connectivity index (χ1n) is 7.65. The van der Waals surface area contributed by atoms with E-state index in [4.69, 9.17) is 0 Å². The van der Waals surface area contributed by atoms with Gasteiger partial charge in [0.2, 0.25) is 0 Å². The van der Waals surface area contributed by atoms with E-state index in [1.807, 2.05) is 0 Å². The first kappa shape index (κ1) is 25.8. The maximum Gasteiger partial charge on any atom is 3.00 e. The van der Waals surface area contributed by atoms with Crippen LogP contribution < -0.4 is 24.8 Å². The molecule has 0 aromatic rings. The SMILES string of the molecule is CC(C)SC1(CC2=[C-]CC=C2)CC=CC=C1C(C)(C)C.[Cl-].[Cl-].[Ti+3]. The molecule has 0 fully saturated rings. The van der Waals surface area contributed by atoms with Crippen molar-refractivity contribution < 1.29 is 46.5 Å². The Hall–Kier alpha value is 0.604. The van der Waals surface area contributed by atoms with E-state index in [9.17, 15) is 0 Å². The number of rotatable bonds is 4. The first-order valence-corrected chi connectivity index (χ1v) is 8.53. The van der Waals surface area contributed by atoms with E-state index in [1.165, 1.54) is 5.57 Å². The van der Waals surface area contributed by atoms with Crippen LogP contribution in [0.5, 0.6) is 0 Å². The van der Waals surface area contributed by atoms with Gasteiger partial charge in [-0.15, -0.1) is 18.2 Å². The van der Waals surface area contributed by atoms with Gasteiger partial charge in [0.1, 0.15) is 0 Å². The Morgan fingerprint density at radius 3 is 2.35 bits per heavy atom. The predicted molar refractivity (Wildman–Crippen MR) is 91.9 cm³/mol. The second-order valence-corrected chi connectivity index (χ2v) is 9.07. The van der Waals surface area contributed by atoms with E-state index < -0.39 is 0 Å². The van der Waals surface area contributed by atoms with Crippen LogP contribution in [-0.2, 0) is 21.7 Å². The Balaban J connectivity index is 0. The molecule has 1 radical (unpaired) electrons. The van der Waals surface area contributed by atoms with Gasteiger partial charge in [0.05, 0.1) is 0 Å². The maximum absolute atomic E-state index is 3.51. The summed E-state index contributed by atoms with van der Waals surface area (Å²) in [5.74, 6) is 0. The molecule has 0 bridgehead atoms. The molecule has 1 unspecified atom stereocenters. The second kappa shape index (κ2) is 10.6. The van der Waals surface area contributed by atoms with Gasteiger partial charge in [-0.1, -0.05) is 52.8 Å². The minimum atomic E-state index is 0. The molecule has 0 aliphatic heterocycles. The number of thioether (sulfide) groups is 1. The Morgan fingerprint density at radius 2 is 1.87 bits per heavy atom. The van der Waals surface area contributed by atoms with Crippen LogP contribution in [0.25, 0.3) is 0 Å². The summed E-state index contributed by atoms with van der Waals surface area (Å²) >= 11 is 2.13. The Bertz CT molecular complexity index is 484. The topological polar surface area (TPSA) is 0 Å². The summed E-state index contributed by atoms with van der Waals surface area (Å²) in [7, 11) is 0. The normalized spacial score (nSPS) is 22.7. The predicted octanol–water partition coefficient (Wildman–Crippen LogP) is -0.116. The Kier molecular flexibility index (Phi) is 11.9. The van der Waals surface area contributed by atoms with Crippen LogP contribution in [0.3, 0.4) is 0 Å². The van der Waals surface area contributed by atoms with Crippen LogP contribution in [0.4, 0.5) is 0 Å². The van der Waals surface area contributed by atoms with E-state index in [0.717, 1.165) is 19.3 Å². The standard InChI is InChI=1S/C19H27S.2ClH.Ti/c1-15(2)20-19(14-16-10-6-7-11-16)13-9-8-12-17(19)18(3,4)5;;;/h6,8-10,12,15H,7,13-14H2,1-5H3;2*1H;/q-1;;;+3/p-2. The van der Waals surface area contributed by atoms with Crippen LogP contribution in [-0.4, -0.2) is 10.00 Å². The summed E-state index contributed by atoms with van der Waals surface area (Å²) in [6.45, 7) is 11.7. The van der Waals surface area contributed by atoms with Crippen molar-refractivity contribution in [3.63, 3.8) is 0 Å². The Labute approximate surface area is 174 Å². The second-order valence-electron chi connectivity index (χ2n) is 7.11. The zero-order chi connectivity index (χ0) is 14.8. The molecule has 23 heavy (non-hydrogen) atoms. The van der Waals surface area contributed by atoms with Crippen LogP contribution in [0, 0.1) is 11.5 Å². The summed E-state index contributed by atoms with van der Waals surface area (Å²) in [6, 6.07) is 0. The molecule has 2 aliphatic carbocycles. The van der Waals surface area contributed by atoms with Gasteiger partial charge in [-0.3, -0.25) is 6.08 Å². The van der Waals surface area contributed by atoms with Crippen molar-refractivity contribution in [2.24, 2.45) is 5.41 Å². The molecule has 0 N–H and O–H groups in total. The molecule has 0 aromatic heterocycles. The first-order chi connectivity index (χ1) is 9.33. The van der Waals surface area contributed by atoms with Gasteiger partial charge in [0.25, 0.3) is 0 Å². The molecule has 1 atom stereocenters. The van der Waals surface area contributed by atoms with Crippen molar-refractivity contribution in [2.75, 3.05) is 0 Å². The minimum absolute atomic E-state index is 0. The van der Waals surface area contributed by atoms with E-state index in [-0.39, 0.29) is 56.7 Å². The average molecular weight is 406 g/mol. The van der Waals surface area contributed by atoms with Gasteiger partial charge in [-0.05, 0) is 29.1 Å². The van der Waals surface area contributed by atoms with Crippen molar-refractivity contribution in [3.05, 3.63) is 47.6 Å². The molecular formula is C19H27Cl2STi. The van der Waals surface area contributed by atoms with Crippen molar-refractivity contribution in [2.45, 2.75) is 63.9 Å². The summed E-state index contributed by atoms with van der Waals surface area (Å²) < 4.78 is 0.207. The monoisotopic (exact) mass is 405 g/mol. The maximum atomic E-state index is 3.51. The van der Waals surface area contributed by atoms with Crippen molar-refractivity contribution in [3.8, 4) is 0 Å². The number of halogens is 2. The summed E-state index contributed by atoms with van der Waals surface area (Å²) in [5, 5.41) is 0.637. The van der Waals surface area contributed by atoms with Crippen molar-refractivity contribution in [1.29, 1.82) is 0 Å². The third-order valence-electron chi connectivity index (χ3n) is 3.85. The molecular weight excluding hydrogens is 379 g/mol. The molecule has 127 valence electrons. The number of hydrogen-bond acceptors (Lipinski definition) is 1. The molecule has 0 saturated carbocycles. The van der Waals surface area contributed by atoms with Crippen LogP contribution in [0.15, 0.2) is 41.5 Å². The van der Waals surface area contributed by atoms with E-state index in [0.29, 0.717) is 5.25 Å². The molecule has 2 aliphatic rings. The minimum Gasteiger partial charge on any atom is -1.00 e. The van der Waals surface area contributed by atoms with Crippen molar-refractivity contribution in [1.82, 2.24) is 0 Å². The molecule has 0 saturated heterocycles. The summed E-state index contributed by atoms with van der Waals surface area (Å²) in [4.78, 5) is 0. The molecule has 0 aromatic carbocycles. The molecule has 0 nitrogen and oxygen atoms in total. The van der Waals surface area contributed by atoms with Crippen LogP contribution in [0.2, 0.25) is 0 Å². The van der Waals surface area contributed by atoms with Gasteiger partial charge in [-0.2, -0.15) is 6.08 Å².